The lowest BCUT2D eigenvalue weighted by Gasteiger charge is -2.36. The fourth-order valence-corrected chi connectivity index (χ4v) is 4.10. The molecule has 0 fully saturated rings. The number of aromatic nitrogens is 3. The summed E-state index contributed by atoms with van der Waals surface area (Å²) in [5.41, 5.74) is 8.96. The number of allylic oxidation sites excluding steroid dienone is 1. The van der Waals surface area contributed by atoms with Gasteiger partial charge in [-0.25, -0.2) is 9.59 Å². The lowest BCUT2D eigenvalue weighted by molar-refractivity contribution is -0.139. The average Bonchev–Trinajstić information content (AvgIpc) is 3.43. The molecule has 10 heteroatoms. The van der Waals surface area contributed by atoms with Gasteiger partial charge in [-0.3, -0.25) is 9.47 Å². The van der Waals surface area contributed by atoms with Crippen LogP contribution in [0.15, 0.2) is 83.8 Å². The van der Waals surface area contributed by atoms with E-state index in [2.05, 4.69) is 16.3 Å². The summed E-state index contributed by atoms with van der Waals surface area (Å²) in [6, 6.07) is 16.4. The molecule has 0 spiro atoms. The molecule has 1 aliphatic heterocycles. The molecular weight excluding hydrogens is 448 g/mol. The summed E-state index contributed by atoms with van der Waals surface area (Å²) in [4.78, 5) is 27.7. The largest absolute Gasteiger partial charge is 0.466 e. The second-order valence-corrected chi connectivity index (χ2v) is 7.68. The van der Waals surface area contributed by atoms with Crippen molar-refractivity contribution in [2.45, 2.75) is 12.8 Å². The number of nitrogens with zero attached hydrogens (tertiary/aromatic N) is 5. The van der Waals surface area contributed by atoms with Crippen LogP contribution in [0.3, 0.4) is 0 Å². The molecule has 2 N–H and O–H groups in total. The summed E-state index contributed by atoms with van der Waals surface area (Å²) in [6.07, 6.45) is 3.04. The van der Waals surface area contributed by atoms with Crippen LogP contribution in [0.5, 0.6) is 0 Å². The molecule has 0 saturated carbocycles. The van der Waals surface area contributed by atoms with Gasteiger partial charge in [-0.2, -0.15) is 5.26 Å². The van der Waals surface area contributed by atoms with Crippen LogP contribution in [-0.2, 0) is 19.1 Å². The lowest BCUT2D eigenvalue weighted by atomic mass is 9.80. The Morgan fingerprint density at radius 3 is 2.29 bits per heavy atom. The highest BCUT2D eigenvalue weighted by Gasteiger charge is 2.43. The zero-order valence-electron chi connectivity index (χ0n) is 19.3. The van der Waals surface area contributed by atoms with E-state index in [4.69, 9.17) is 15.2 Å². The number of carbonyl (C=O) groups is 2. The van der Waals surface area contributed by atoms with Crippen molar-refractivity contribution in [3.05, 3.63) is 95.0 Å². The van der Waals surface area contributed by atoms with Gasteiger partial charge in [0.1, 0.15) is 24.2 Å². The number of nitrogens with two attached hydrogens (primary N) is 1. The van der Waals surface area contributed by atoms with Gasteiger partial charge >= 0.3 is 11.9 Å². The fourth-order valence-electron chi connectivity index (χ4n) is 4.10. The SMILES string of the molecule is COC(=O)C1=C(C(=O)OC)N(c2cc(-n3cnnc3)ccc2C)C(N)=C(C#N)C1c1ccccc1. The Labute approximate surface area is 201 Å². The van der Waals surface area contributed by atoms with Crippen LogP contribution in [-0.4, -0.2) is 40.9 Å². The minimum absolute atomic E-state index is 0.00147. The Hall–Kier alpha value is -4.91. The van der Waals surface area contributed by atoms with Crippen molar-refractivity contribution in [1.82, 2.24) is 14.8 Å². The van der Waals surface area contributed by atoms with Gasteiger partial charge in [-0.15, -0.1) is 10.2 Å². The summed E-state index contributed by atoms with van der Waals surface area (Å²) >= 11 is 0. The van der Waals surface area contributed by atoms with Crippen LogP contribution in [0.25, 0.3) is 5.69 Å². The number of esters is 2. The number of ether oxygens (including phenoxy) is 2. The number of benzene rings is 2. The van der Waals surface area contributed by atoms with Gasteiger partial charge in [0.25, 0.3) is 0 Å². The number of aryl methyl sites for hydroxylation is 1. The third-order valence-electron chi connectivity index (χ3n) is 5.76. The molecule has 1 aromatic heterocycles. The first-order valence-corrected chi connectivity index (χ1v) is 10.5. The number of carbonyl (C=O) groups excluding carboxylic acids is 2. The molecule has 2 aromatic carbocycles. The van der Waals surface area contributed by atoms with Crippen molar-refractivity contribution >= 4 is 17.6 Å². The second-order valence-electron chi connectivity index (χ2n) is 7.68. The van der Waals surface area contributed by atoms with Gasteiger partial charge in [-0.05, 0) is 30.2 Å². The van der Waals surface area contributed by atoms with E-state index in [1.165, 1.54) is 31.8 Å². The molecular formula is C25H22N6O4. The minimum Gasteiger partial charge on any atom is -0.466 e. The molecule has 0 aliphatic carbocycles. The van der Waals surface area contributed by atoms with E-state index in [9.17, 15) is 14.9 Å². The third kappa shape index (κ3) is 4.00. The van der Waals surface area contributed by atoms with E-state index < -0.39 is 17.9 Å². The summed E-state index contributed by atoms with van der Waals surface area (Å²) in [5.74, 6) is -2.52. The van der Waals surface area contributed by atoms with Crippen LogP contribution in [0.2, 0.25) is 0 Å². The molecule has 10 nitrogen and oxygen atoms in total. The van der Waals surface area contributed by atoms with Crippen molar-refractivity contribution in [3.8, 4) is 11.8 Å². The number of hydrogen-bond acceptors (Lipinski definition) is 9. The number of rotatable bonds is 5. The van der Waals surface area contributed by atoms with E-state index in [1.807, 2.05) is 19.1 Å². The third-order valence-corrected chi connectivity index (χ3v) is 5.76. The van der Waals surface area contributed by atoms with E-state index >= 15 is 0 Å². The Bertz CT molecular complexity index is 1390. The minimum atomic E-state index is -0.930. The van der Waals surface area contributed by atoms with E-state index in [1.54, 1.807) is 41.0 Å². The molecule has 176 valence electrons. The first-order valence-electron chi connectivity index (χ1n) is 10.5. The molecule has 3 aromatic rings. The first kappa shape index (κ1) is 23.3. The van der Waals surface area contributed by atoms with Gasteiger partial charge in [0.15, 0.2) is 0 Å². The molecule has 35 heavy (non-hydrogen) atoms. The molecule has 4 rings (SSSR count). The Morgan fingerprint density at radius 1 is 1.03 bits per heavy atom. The summed E-state index contributed by atoms with van der Waals surface area (Å²) in [7, 11) is 2.42. The van der Waals surface area contributed by atoms with Crippen LogP contribution in [0, 0.1) is 18.3 Å². The van der Waals surface area contributed by atoms with Gasteiger partial charge in [-0.1, -0.05) is 36.4 Å². The predicted molar refractivity (Wildman–Crippen MR) is 126 cm³/mol. The van der Waals surface area contributed by atoms with Crippen molar-refractivity contribution in [3.63, 3.8) is 0 Å². The van der Waals surface area contributed by atoms with E-state index in [0.717, 1.165) is 5.56 Å². The van der Waals surface area contributed by atoms with Crippen LogP contribution >= 0.6 is 0 Å². The lowest BCUT2D eigenvalue weighted by Crippen LogP contribution is -2.41. The van der Waals surface area contributed by atoms with Crippen molar-refractivity contribution in [1.29, 1.82) is 5.26 Å². The molecule has 1 atom stereocenters. The Morgan fingerprint density at radius 2 is 1.69 bits per heavy atom. The van der Waals surface area contributed by atoms with E-state index in [-0.39, 0.29) is 22.7 Å². The maximum Gasteiger partial charge on any atom is 0.355 e. The van der Waals surface area contributed by atoms with Crippen LogP contribution < -0.4 is 10.6 Å². The smallest absolute Gasteiger partial charge is 0.355 e. The summed E-state index contributed by atoms with van der Waals surface area (Å²) in [6.45, 7) is 1.82. The Kier molecular flexibility index (Phi) is 6.33. The Balaban J connectivity index is 2.06. The van der Waals surface area contributed by atoms with Crippen LogP contribution in [0.1, 0.15) is 17.0 Å². The highest BCUT2D eigenvalue weighted by molar-refractivity contribution is 6.06. The van der Waals surface area contributed by atoms with E-state index in [0.29, 0.717) is 16.9 Å². The number of hydrogen-bond donors (Lipinski definition) is 1. The topological polar surface area (TPSA) is 136 Å². The summed E-state index contributed by atoms with van der Waals surface area (Å²) < 4.78 is 11.8. The number of nitriles is 1. The first-order chi connectivity index (χ1) is 16.9. The maximum absolute atomic E-state index is 13.2. The number of anilines is 1. The summed E-state index contributed by atoms with van der Waals surface area (Å²) in [5, 5.41) is 17.8. The molecule has 0 radical (unpaired) electrons. The van der Waals surface area contributed by atoms with Gasteiger partial charge in [0.2, 0.25) is 0 Å². The highest BCUT2D eigenvalue weighted by atomic mass is 16.5. The normalized spacial score (nSPS) is 15.6. The molecule has 0 amide bonds. The monoisotopic (exact) mass is 470 g/mol. The maximum atomic E-state index is 13.2. The predicted octanol–water partition coefficient (Wildman–Crippen LogP) is 2.47. The molecule has 0 bridgehead atoms. The highest BCUT2D eigenvalue weighted by Crippen LogP contribution is 2.44. The van der Waals surface area contributed by atoms with Crippen molar-refractivity contribution in [2.24, 2.45) is 5.73 Å². The van der Waals surface area contributed by atoms with Gasteiger partial charge < -0.3 is 15.2 Å². The zero-order chi connectivity index (χ0) is 25.1. The zero-order valence-corrected chi connectivity index (χ0v) is 19.3. The molecule has 1 unspecified atom stereocenters. The average molecular weight is 470 g/mol. The second kappa shape index (κ2) is 9.52. The van der Waals surface area contributed by atoms with Gasteiger partial charge in [0, 0.05) is 0 Å². The molecule has 1 aliphatic rings. The van der Waals surface area contributed by atoms with Gasteiger partial charge in [0.05, 0.1) is 48.7 Å². The quantitative estimate of drug-likeness (QED) is 0.558. The molecule has 0 saturated heterocycles. The van der Waals surface area contributed by atoms with Crippen molar-refractivity contribution < 1.29 is 19.1 Å². The standard InChI is InChI=1S/C25H22N6O4/c1-15-9-10-17(30-13-28-29-14-30)11-19(15)31-22(25(33)35-3)21(24(32)34-2)20(18(12-26)23(31)27)16-7-5-4-6-8-16/h4-11,13-14,20H,27H2,1-3H3. The molecule has 2 heterocycles. The fraction of sp³-hybridized carbons (Fsp3) is 0.160. The van der Waals surface area contributed by atoms with Crippen LogP contribution in [0.4, 0.5) is 5.69 Å². The van der Waals surface area contributed by atoms with Crippen molar-refractivity contribution in [2.75, 3.05) is 19.1 Å². The number of methoxy groups -OCH3 is 2.